The second-order valence-electron chi connectivity index (χ2n) is 22.9. The number of hydrogen-bond donors (Lipinski definition) is 15. The Bertz CT molecular complexity index is 2670. The maximum atomic E-state index is 14.1. The Morgan fingerprint density at radius 1 is 0.607 bits per heavy atom. The van der Waals surface area contributed by atoms with Gasteiger partial charge in [-0.1, -0.05) is 52.7 Å². The number of likely N-dealkylation sites (tertiary alicyclic amines) is 1. The summed E-state index contributed by atoms with van der Waals surface area (Å²) < 4.78 is 0. The lowest BCUT2D eigenvalue weighted by Gasteiger charge is -2.43. The van der Waals surface area contributed by atoms with E-state index >= 15 is 0 Å². The molecule has 3 fully saturated rings. The van der Waals surface area contributed by atoms with Crippen LogP contribution in [0.1, 0.15) is 132 Å². The Morgan fingerprint density at radius 2 is 1.15 bits per heavy atom. The third kappa shape index (κ3) is 23.7. The van der Waals surface area contributed by atoms with E-state index in [-0.39, 0.29) is 31.2 Å². The maximum absolute atomic E-state index is 14.1. The minimum Gasteiger partial charge on any atom is -0.481 e. The molecule has 3 aliphatic heterocycles. The van der Waals surface area contributed by atoms with Crippen molar-refractivity contribution in [3.8, 4) is 0 Å². The average molecular weight is 1260 g/mol. The molecule has 33 heteroatoms. The number of carbonyl (C=O) groups is 16. The normalized spacial score (nSPS) is 19.8. The molecule has 12 amide bonds. The van der Waals surface area contributed by atoms with Crippen molar-refractivity contribution in [2.45, 2.75) is 198 Å². The molecule has 3 heterocycles. The van der Waals surface area contributed by atoms with Crippen molar-refractivity contribution >= 4 is 94.8 Å². The first-order valence-electron chi connectivity index (χ1n) is 29.6. The van der Waals surface area contributed by atoms with Crippen molar-refractivity contribution < 1.29 is 97.1 Å². The summed E-state index contributed by atoms with van der Waals surface area (Å²) in [5, 5.41) is 61.1. The number of piperazine rings is 1. The summed E-state index contributed by atoms with van der Waals surface area (Å²) in [6.45, 7) is 9.71. The molecule has 13 atom stereocenters. The average Bonchev–Trinajstić information content (AvgIpc) is 1.82. The van der Waals surface area contributed by atoms with Crippen molar-refractivity contribution in [1.82, 2.24) is 63.0 Å². The summed E-state index contributed by atoms with van der Waals surface area (Å²) in [7, 11) is 0. The number of carboxylic acids is 4. The van der Waals surface area contributed by atoms with Crippen LogP contribution in [-0.2, 0) is 76.7 Å². The molecule has 3 saturated heterocycles. The second-order valence-corrected chi connectivity index (χ2v) is 22.9. The van der Waals surface area contributed by atoms with E-state index in [1.807, 2.05) is 21.3 Å². The van der Waals surface area contributed by atoms with Crippen LogP contribution in [0.5, 0.6) is 0 Å². The first-order valence-corrected chi connectivity index (χ1v) is 29.6. The molecule has 3 rings (SSSR count). The number of amides is 12. The van der Waals surface area contributed by atoms with Gasteiger partial charge in [0.05, 0.1) is 44.3 Å². The number of fused-ring (bicyclic) bond motifs is 1. The zero-order valence-corrected chi connectivity index (χ0v) is 51.1. The fourth-order valence-corrected chi connectivity index (χ4v) is 10.0. The highest BCUT2D eigenvalue weighted by molar-refractivity contribution is 6.01. The van der Waals surface area contributed by atoms with Crippen LogP contribution in [0.15, 0.2) is 12.2 Å². The molecule has 16 N–H and O–H groups in total. The summed E-state index contributed by atoms with van der Waals surface area (Å²) in [4.78, 5) is 211. The number of allylic oxidation sites excluding steroid dienone is 1. The van der Waals surface area contributed by atoms with Gasteiger partial charge in [-0.15, -0.1) is 0 Å². The van der Waals surface area contributed by atoms with E-state index in [1.54, 1.807) is 26.8 Å². The zero-order valence-electron chi connectivity index (χ0n) is 51.1. The largest absolute Gasteiger partial charge is 0.481 e. The minimum atomic E-state index is -2.14. The van der Waals surface area contributed by atoms with Gasteiger partial charge in [0.2, 0.25) is 70.9 Å². The summed E-state index contributed by atoms with van der Waals surface area (Å²) in [5.74, 6) is -20.0. The number of unbranched alkanes of at least 4 members (excludes halogenated alkanes) is 1. The number of carbonyl (C=O) groups excluding carboxylic acids is 12. The summed E-state index contributed by atoms with van der Waals surface area (Å²) in [6, 6.07) is -15.5. The molecule has 0 bridgehead atoms. The van der Waals surface area contributed by atoms with E-state index in [0.29, 0.717) is 31.7 Å². The van der Waals surface area contributed by atoms with Crippen LogP contribution >= 0.6 is 0 Å². The van der Waals surface area contributed by atoms with E-state index < -0.39 is 194 Å². The molecule has 89 heavy (non-hydrogen) atoms. The molecule has 496 valence electrons. The molecule has 0 aromatic carbocycles. The van der Waals surface area contributed by atoms with Gasteiger partial charge in [-0.3, -0.25) is 76.7 Å². The van der Waals surface area contributed by atoms with Crippen molar-refractivity contribution in [2.24, 2.45) is 23.5 Å². The van der Waals surface area contributed by atoms with Gasteiger partial charge < -0.3 is 89.1 Å². The fourth-order valence-electron chi connectivity index (χ4n) is 10.0. The number of carboxylic acid groups (broad SMARTS) is 4. The van der Waals surface area contributed by atoms with E-state index in [2.05, 4.69) is 45.7 Å². The number of aliphatic carboxylic acids is 4. The number of piperidine rings is 1. The van der Waals surface area contributed by atoms with Gasteiger partial charge in [-0.25, -0.2) is 0 Å². The first-order chi connectivity index (χ1) is 41.8. The van der Waals surface area contributed by atoms with Crippen LogP contribution in [0.4, 0.5) is 0 Å². The minimum absolute atomic E-state index is 0.127. The van der Waals surface area contributed by atoms with E-state index in [1.165, 1.54) is 22.8 Å². The van der Waals surface area contributed by atoms with Crippen LogP contribution in [0, 0.1) is 17.8 Å². The number of nitrogens with two attached hydrogens (primary N) is 1. The predicted molar refractivity (Wildman–Crippen MR) is 310 cm³/mol. The molecular weight excluding hydrogens is 1170 g/mol. The smallest absolute Gasteiger partial charge is 0.308 e. The van der Waals surface area contributed by atoms with Crippen LogP contribution < -0.4 is 58.9 Å². The van der Waals surface area contributed by atoms with Gasteiger partial charge in [0.25, 0.3) is 0 Å². The number of rotatable bonds is 36. The van der Waals surface area contributed by atoms with Crippen LogP contribution in [0.3, 0.4) is 0 Å². The molecule has 0 aromatic heterocycles. The molecule has 33 nitrogen and oxygen atoms in total. The van der Waals surface area contributed by atoms with Crippen LogP contribution in [0.25, 0.3) is 0 Å². The number of nitrogens with zero attached hydrogens (tertiary/aromatic N) is 2. The molecular formula is C56H87N13O20. The van der Waals surface area contributed by atoms with E-state index in [9.17, 15) is 97.1 Å². The van der Waals surface area contributed by atoms with Gasteiger partial charge in [0, 0.05) is 25.6 Å². The summed E-state index contributed by atoms with van der Waals surface area (Å²) in [6.07, 6.45) is 5.79. The van der Waals surface area contributed by atoms with Gasteiger partial charge in [-0.05, 0) is 77.6 Å². The fraction of sp³-hybridized carbons (Fsp3) is 0.679. The lowest BCUT2D eigenvalue weighted by Crippen LogP contribution is -2.69. The quantitative estimate of drug-likeness (QED) is 0.0209. The molecule has 0 aliphatic carbocycles. The topological polar surface area (TPSA) is 507 Å². The Hall–Kier alpha value is -8.78. The van der Waals surface area contributed by atoms with Crippen molar-refractivity contribution in [2.75, 3.05) is 26.2 Å². The zero-order chi connectivity index (χ0) is 67.0. The maximum Gasteiger partial charge on any atom is 0.308 e. The molecule has 0 radical (unpaired) electrons. The SMILES string of the molecule is CCC(C)CCCC=CCC(=O)NC(CC(=O)O)C(=O)NC(C(=O)NC(CC(=O)O)C(=O)NCC(=O)NC(CC(=O)O)C(=O)NCC(=O)NC(C(=O)NC(C(=O)N1CCCC1C(=O)NC(C)C1NC(=O)C2CCCCN2C1=O)C(C)C)C(C)N)C(C)C(=O)O. The third-order valence-electron chi connectivity index (χ3n) is 15.3. The highest BCUT2D eigenvalue weighted by Gasteiger charge is 2.46. The van der Waals surface area contributed by atoms with Gasteiger partial charge in [0.15, 0.2) is 0 Å². The van der Waals surface area contributed by atoms with Gasteiger partial charge in [-0.2, -0.15) is 0 Å². The Balaban J connectivity index is 1.62. The van der Waals surface area contributed by atoms with Crippen LogP contribution in [0.2, 0.25) is 0 Å². The Kier molecular flexibility index (Phi) is 30.0. The summed E-state index contributed by atoms with van der Waals surface area (Å²) in [5.41, 5.74) is 6.08. The number of nitrogens with one attached hydrogen (secondary N) is 10. The summed E-state index contributed by atoms with van der Waals surface area (Å²) >= 11 is 0. The van der Waals surface area contributed by atoms with Crippen molar-refractivity contribution in [3.05, 3.63) is 12.2 Å². The molecule has 0 saturated carbocycles. The Morgan fingerprint density at radius 3 is 1.70 bits per heavy atom. The van der Waals surface area contributed by atoms with Crippen molar-refractivity contribution in [1.29, 1.82) is 0 Å². The third-order valence-corrected chi connectivity index (χ3v) is 15.3. The lowest BCUT2D eigenvalue weighted by atomic mass is 9.94. The Labute approximate surface area is 513 Å². The van der Waals surface area contributed by atoms with Gasteiger partial charge >= 0.3 is 23.9 Å². The highest BCUT2D eigenvalue weighted by Crippen LogP contribution is 2.24. The van der Waals surface area contributed by atoms with Crippen molar-refractivity contribution in [3.63, 3.8) is 0 Å². The standard InChI is InChI=1S/C56H87N13O20/c1-8-28(4)16-11-9-10-12-19-37(70)61-34(24-42(77)78)49(81)66-44(29(5)56(88)89)52(84)63-33(23-41(75)76)48(80)58-25-38(71)62-32(22-40(73)74)47(79)59-26-39(72)64-45(30(6)57)53(85)65-43(27(2)3)54(86)69-21-15-18-36(69)50(82)60-31(7)46-55(87)68-20-14-13-17-35(68)51(83)67-46/h10,12,27-36,43-46H,8-9,11,13-26,57H2,1-7H3,(H,58,80)(H,59,79)(H,60,82)(H,61,70)(H,62,71)(H,63,84)(H,64,72)(H,65,85)(H,66,81)(H,67,83)(H,73,74)(H,75,76)(H,77,78)(H,88,89). The monoisotopic (exact) mass is 1260 g/mol. The highest BCUT2D eigenvalue weighted by atomic mass is 16.4. The number of hydrogen-bond acceptors (Lipinski definition) is 17. The molecule has 0 aromatic rings. The van der Waals surface area contributed by atoms with Gasteiger partial charge in [0.1, 0.15) is 54.4 Å². The molecule has 0 spiro atoms. The first kappa shape index (κ1) is 74.5. The molecule has 3 aliphatic rings. The molecule has 13 unspecified atom stereocenters. The second kappa shape index (κ2) is 35.9. The lowest BCUT2D eigenvalue weighted by molar-refractivity contribution is -0.152. The predicted octanol–water partition coefficient (Wildman–Crippen LogP) is -4.19. The van der Waals surface area contributed by atoms with Crippen LogP contribution in [-0.4, -0.2) is 218 Å². The van der Waals surface area contributed by atoms with E-state index in [0.717, 1.165) is 39.0 Å². The van der Waals surface area contributed by atoms with E-state index in [4.69, 9.17) is 5.73 Å².